The molecule has 0 saturated heterocycles. The Morgan fingerprint density at radius 1 is 1.10 bits per heavy atom. The van der Waals surface area contributed by atoms with Crippen LogP contribution in [0.1, 0.15) is 12.6 Å². The zero-order chi connectivity index (χ0) is 14.5. The molecule has 0 N–H and O–H groups in total. The van der Waals surface area contributed by atoms with Gasteiger partial charge in [-0.25, -0.2) is 19.7 Å². The van der Waals surface area contributed by atoms with Crippen LogP contribution in [0, 0.1) is 0 Å². The molecule has 0 aliphatic heterocycles. The van der Waals surface area contributed by atoms with Crippen LogP contribution in [0.15, 0.2) is 12.1 Å². The van der Waals surface area contributed by atoms with Gasteiger partial charge < -0.3 is 9.47 Å². The van der Waals surface area contributed by atoms with Gasteiger partial charge in [0.1, 0.15) is 23.0 Å². The number of hydrogen-bond donors (Lipinski definition) is 0. The lowest BCUT2D eigenvalue weighted by Crippen LogP contribution is -2.04. The maximum atomic E-state index is 5.94. The molecule has 2 rings (SSSR count). The first-order valence-electron chi connectivity index (χ1n) is 6.02. The molecule has 7 heteroatoms. The second-order valence-corrected chi connectivity index (χ2v) is 4.19. The summed E-state index contributed by atoms with van der Waals surface area (Å²) in [6.07, 6.45) is 0. The molecule has 0 radical (unpaired) electrons. The molecule has 2 aromatic heterocycles. The van der Waals surface area contributed by atoms with E-state index in [1.54, 1.807) is 12.1 Å². The summed E-state index contributed by atoms with van der Waals surface area (Å²) in [5, 5.41) is 1.08. The third-order valence-corrected chi connectivity index (χ3v) is 2.81. The molecule has 0 spiro atoms. The zero-order valence-corrected chi connectivity index (χ0v) is 12.2. The highest BCUT2D eigenvalue weighted by Crippen LogP contribution is 2.34. The second kappa shape index (κ2) is 6.69. The van der Waals surface area contributed by atoms with E-state index in [2.05, 4.69) is 9.97 Å². The van der Waals surface area contributed by atoms with Crippen LogP contribution >= 0.6 is 11.6 Å². The quantitative estimate of drug-likeness (QED) is 0.354. The van der Waals surface area contributed by atoms with Gasteiger partial charge in [0, 0.05) is 0 Å². The van der Waals surface area contributed by atoms with Crippen molar-refractivity contribution in [2.24, 2.45) is 0 Å². The summed E-state index contributed by atoms with van der Waals surface area (Å²) in [6, 6.07) is 3.45. The van der Waals surface area contributed by atoms with Crippen molar-refractivity contribution in [3.05, 3.63) is 23.0 Å². The molecule has 0 aliphatic rings. The Bertz CT molecular complexity index is 606. The SMILES string of the molecule is CCOOCc1nc(OC)c2ccc(Cl)nc2c1OC. The molecule has 2 aromatic rings. The summed E-state index contributed by atoms with van der Waals surface area (Å²) in [5.74, 6) is 0.920. The molecule has 20 heavy (non-hydrogen) atoms. The topological polar surface area (TPSA) is 62.7 Å². The minimum atomic E-state index is 0.123. The highest BCUT2D eigenvalue weighted by atomic mass is 35.5. The van der Waals surface area contributed by atoms with Crippen LogP contribution in [0.4, 0.5) is 0 Å². The lowest BCUT2D eigenvalue weighted by Gasteiger charge is -2.13. The van der Waals surface area contributed by atoms with Crippen LogP contribution in [-0.2, 0) is 16.4 Å². The van der Waals surface area contributed by atoms with Crippen LogP contribution in [0.2, 0.25) is 5.15 Å². The maximum Gasteiger partial charge on any atom is 0.223 e. The largest absolute Gasteiger partial charge is 0.492 e. The van der Waals surface area contributed by atoms with E-state index in [1.165, 1.54) is 14.2 Å². The van der Waals surface area contributed by atoms with Crippen molar-refractivity contribution in [2.75, 3.05) is 20.8 Å². The summed E-state index contributed by atoms with van der Waals surface area (Å²) in [7, 11) is 3.08. The van der Waals surface area contributed by atoms with Crippen molar-refractivity contribution < 1.29 is 19.2 Å². The normalized spacial score (nSPS) is 10.8. The molecule has 0 unspecified atom stereocenters. The summed E-state index contributed by atoms with van der Waals surface area (Å²) >= 11 is 5.94. The van der Waals surface area contributed by atoms with Gasteiger partial charge in [0.25, 0.3) is 0 Å². The van der Waals surface area contributed by atoms with Gasteiger partial charge in [0.05, 0.1) is 26.2 Å². The van der Waals surface area contributed by atoms with Crippen LogP contribution in [0.3, 0.4) is 0 Å². The third kappa shape index (κ3) is 2.92. The zero-order valence-electron chi connectivity index (χ0n) is 11.5. The molecule has 2 heterocycles. The molecular weight excluding hydrogens is 284 g/mol. The molecule has 0 aliphatic carbocycles. The van der Waals surface area contributed by atoms with Crippen LogP contribution in [0.5, 0.6) is 11.6 Å². The molecule has 108 valence electrons. The van der Waals surface area contributed by atoms with Gasteiger partial charge in [-0.15, -0.1) is 0 Å². The molecular formula is C13H15ClN2O4. The van der Waals surface area contributed by atoms with Gasteiger partial charge in [-0.1, -0.05) is 11.6 Å². The highest BCUT2D eigenvalue weighted by molar-refractivity contribution is 6.29. The number of methoxy groups -OCH3 is 2. The predicted molar refractivity (Wildman–Crippen MR) is 74.1 cm³/mol. The fourth-order valence-corrected chi connectivity index (χ4v) is 1.95. The van der Waals surface area contributed by atoms with E-state index in [-0.39, 0.29) is 6.61 Å². The average molecular weight is 299 g/mol. The van der Waals surface area contributed by atoms with E-state index in [0.29, 0.717) is 40.0 Å². The van der Waals surface area contributed by atoms with Crippen LogP contribution in [-0.4, -0.2) is 30.8 Å². The standard InChI is InChI=1S/C13H15ClN2O4/c1-4-19-20-7-9-12(17-2)11-8(13(15-9)18-3)5-6-10(14)16-11/h5-6H,4,7H2,1-3H3. The van der Waals surface area contributed by atoms with E-state index in [0.717, 1.165) is 0 Å². The predicted octanol–water partition coefficient (Wildman–Crippen LogP) is 2.77. The van der Waals surface area contributed by atoms with Crippen LogP contribution in [0.25, 0.3) is 10.9 Å². The Morgan fingerprint density at radius 3 is 2.55 bits per heavy atom. The summed E-state index contributed by atoms with van der Waals surface area (Å²) in [5.41, 5.74) is 1.10. The third-order valence-electron chi connectivity index (χ3n) is 2.60. The first kappa shape index (κ1) is 14.8. The van der Waals surface area contributed by atoms with E-state index < -0.39 is 0 Å². The minimum absolute atomic E-state index is 0.123. The van der Waals surface area contributed by atoms with E-state index in [9.17, 15) is 0 Å². The van der Waals surface area contributed by atoms with Gasteiger partial charge in [0.15, 0.2) is 5.75 Å². The lowest BCUT2D eigenvalue weighted by atomic mass is 10.2. The molecule has 0 amide bonds. The van der Waals surface area contributed by atoms with Crippen molar-refractivity contribution in [3.8, 4) is 11.6 Å². The fourth-order valence-electron chi connectivity index (χ4n) is 1.80. The number of hydrogen-bond acceptors (Lipinski definition) is 6. The Balaban J connectivity index is 2.56. The molecule has 0 saturated carbocycles. The van der Waals surface area contributed by atoms with Crippen molar-refractivity contribution in [1.29, 1.82) is 0 Å². The second-order valence-electron chi connectivity index (χ2n) is 3.80. The first-order chi connectivity index (χ1) is 9.71. The lowest BCUT2D eigenvalue weighted by molar-refractivity contribution is -0.301. The number of pyridine rings is 2. The molecule has 0 fully saturated rings. The van der Waals surface area contributed by atoms with E-state index in [4.69, 9.17) is 30.8 Å². The Morgan fingerprint density at radius 2 is 1.90 bits per heavy atom. The first-order valence-corrected chi connectivity index (χ1v) is 6.40. The Hall–Kier alpha value is -1.63. The molecule has 0 aromatic carbocycles. The number of ether oxygens (including phenoxy) is 2. The fraction of sp³-hybridized carbons (Fsp3) is 0.385. The average Bonchev–Trinajstić information content (AvgIpc) is 2.46. The smallest absolute Gasteiger partial charge is 0.223 e. The van der Waals surface area contributed by atoms with Gasteiger partial charge in [-0.05, 0) is 19.1 Å². The number of halogens is 1. The Kier molecular flexibility index (Phi) is 4.94. The monoisotopic (exact) mass is 298 g/mol. The van der Waals surface area contributed by atoms with Crippen molar-refractivity contribution >= 4 is 22.5 Å². The van der Waals surface area contributed by atoms with Crippen LogP contribution < -0.4 is 9.47 Å². The number of fused-ring (bicyclic) bond motifs is 1. The van der Waals surface area contributed by atoms with Gasteiger partial charge in [-0.3, -0.25) is 0 Å². The Labute approximate surface area is 121 Å². The summed E-state index contributed by atoms with van der Waals surface area (Å²) in [6.45, 7) is 2.39. The number of rotatable bonds is 6. The molecule has 6 nitrogen and oxygen atoms in total. The highest BCUT2D eigenvalue weighted by Gasteiger charge is 2.17. The molecule has 0 bridgehead atoms. The molecule has 0 atom stereocenters. The van der Waals surface area contributed by atoms with Gasteiger partial charge >= 0.3 is 0 Å². The van der Waals surface area contributed by atoms with Crippen molar-refractivity contribution in [2.45, 2.75) is 13.5 Å². The van der Waals surface area contributed by atoms with Crippen molar-refractivity contribution in [3.63, 3.8) is 0 Å². The van der Waals surface area contributed by atoms with Gasteiger partial charge in [-0.2, -0.15) is 0 Å². The van der Waals surface area contributed by atoms with Gasteiger partial charge in [0.2, 0.25) is 5.88 Å². The number of nitrogens with zero attached hydrogens (tertiary/aromatic N) is 2. The van der Waals surface area contributed by atoms with E-state index in [1.807, 2.05) is 6.92 Å². The van der Waals surface area contributed by atoms with E-state index >= 15 is 0 Å². The maximum absolute atomic E-state index is 5.94. The minimum Gasteiger partial charge on any atom is -0.492 e. The summed E-state index contributed by atoms with van der Waals surface area (Å²) in [4.78, 5) is 18.5. The summed E-state index contributed by atoms with van der Waals surface area (Å²) < 4.78 is 10.6. The van der Waals surface area contributed by atoms with Crippen molar-refractivity contribution in [1.82, 2.24) is 9.97 Å². The number of aromatic nitrogens is 2.